The maximum atomic E-state index is 12.1. The van der Waals surface area contributed by atoms with Gasteiger partial charge in [-0.3, -0.25) is 10.0 Å². The molecule has 1 saturated heterocycles. The monoisotopic (exact) mass is 249 g/mol. The topological polar surface area (TPSA) is 73.7 Å². The van der Waals surface area contributed by atoms with Gasteiger partial charge >= 0.3 is 0 Å². The molecule has 1 aliphatic heterocycles. The minimum absolute atomic E-state index is 0.0464. The van der Waals surface area contributed by atoms with E-state index in [0.29, 0.717) is 5.70 Å². The van der Waals surface area contributed by atoms with E-state index in [2.05, 4.69) is 23.5 Å². The molecule has 1 aliphatic rings. The second kappa shape index (κ2) is 7.58. The predicted molar refractivity (Wildman–Crippen MR) is 71.4 cm³/mol. The third-order valence-corrected chi connectivity index (χ3v) is 2.79. The van der Waals surface area contributed by atoms with Crippen molar-refractivity contribution in [2.45, 2.75) is 12.8 Å². The fourth-order valence-corrected chi connectivity index (χ4v) is 1.81. The molecule has 5 heteroatoms. The van der Waals surface area contributed by atoms with Crippen LogP contribution >= 0.6 is 0 Å². The number of allylic oxidation sites excluding steroid dienone is 3. The number of nitrogens with zero attached hydrogens (tertiary/aromatic N) is 1. The van der Waals surface area contributed by atoms with E-state index in [9.17, 15) is 4.79 Å². The highest BCUT2D eigenvalue weighted by Crippen LogP contribution is 2.13. The molecule has 18 heavy (non-hydrogen) atoms. The lowest BCUT2D eigenvalue weighted by Gasteiger charge is -2.21. The Labute approximate surface area is 107 Å². The van der Waals surface area contributed by atoms with E-state index in [-0.39, 0.29) is 17.5 Å². The number of piperidine rings is 1. The quantitative estimate of drug-likeness (QED) is 0.296. The average Bonchev–Trinajstić information content (AvgIpc) is 2.43. The van der Waals surface area contributed by atoms with Gasteiger partial charge in [0.15, 0.2) is 5.84 Å². The van der Waals surface area contributed by atoms with E-state index in [1.807, 2.05) is 5.48 Å². The van der Waals surface area contributed by atoms with Crippen molar-refractivity contribution in [1.82, 2.24) is 10.8 Å². The number of carbonyl (C=O) groups excluding carboxylic acids is 1. The first-order valence-electron chi connectivity index (χ1n) is 5.91. The average molecular weight is 249 g/mol. The van der Waals surface area contributed by atoms with Crippen LogP contribution < -0.4 is 10.8 Å². The number of ketones is 1. The smallest absolute Gasteiger partial charge is 0.203 e. The summed E-state index contributed by atoms with van der Waals surface area (Å²) in [6, 6.07) is 0. The second-order valence-corrected chi connectivity index (χ2v) is 3.99. The Morgan fingerprint density at radius 2 is 2.06 bits per heavy atom. The van der Waals surface area contributed by atoms with Crippen LogP contribution in [0.4, 0.5) is 0 Å². The molecule has 0 aromatic carbocycles. The fraction of sp³-hybridized carbons (Fsp3) is 0.385. The number of amidine groups is 1. The van der Waals surface area contributed by atoms with Crippen molar-refractivity contribution in [1.29, 1.82) is 0 Å². The highest BCUT2D eigenvalue weighted by atomic mass is 16.5. The van der Waals surface area contributed by atoms with Crippen LogP contribution in [0.15, 0.2) is 42.1 Å². The Hall–Kier alpha value is -1.72. The van der Waals surface area contributed by atoms with Gasteiger partial charge in [-0.2, -0.15) is 0 Å². The number of hydrogen-bond donors (Lipinski definition) is 3. The lowest BCUT2D eigenvalue weighted by atomic mass is 9.93. The van der Waals surface area contributed by atoms with Gasteiger partial charge in [-0.15, -0.1) is 0 Å². The number of hydrogen-bond acceptors (Lipinski definition) is 4. The van der Waals surface area contributed by atoms with Crippen molar-refractivity contribution in [2.24, 2.45) is 10.9 Å². The molecule has 0 amide bonds. The molecule has 1 rings (SSSR count). The van der Waals surface area contributed by atoms with Gasteiger partial charge in [-0.05, 0) is 38.1 Å². The fourth-order valence-electron chi connectivity index (χ4n) is 1.81. The van der Waals surface area contributed by atoms with E-state index in [1.54, 1.807) is 12.2 Å². The van der Waals surface area contributed by atoms with Crippen molar-refractivity contribution >= 4 is 11.6 Å². The Morgan fingerprint density at radius 1 is 1.39 bits per heavy atom. The minimum atomic E-state index is -0.171. The summed E-state index contributed by atoms with van der Waals surface area (Å²) in [5, 5.41) is 12.2. The molecule has 1 fully saturated rings. The van der Waals surface area contributed by atoms with Crippen LogP contribution in [0, 0.1) is 5.92 Å². The largest absolute Gasteiger partial charge is 0.317 e. The van der Waals surface area contributed by atoms with Gasteiger partial charge in [0.05, 0.1) is 5.70 Å². The zero-order valence-corrected chi connectivity index (χ0v) is 10.4. The molecule has 0 aliphatic carbocycles. The number of carbonyl (C=O) groups is 1. The SMILES string of the molecule is C=C/C=C(\C=C)N=C(NO)C(=O)C1CCNCC1. The first-order chi connectivity index (χ1) is 8.72. The van der Waals surface area contributed by atoms with Crippen molar-refractivity contribution in [3.63, 3.8) is 0 Å². The van der Waals surface area contributed by atoms with E-state index < -0.39 is 0 Å². The lowest BCUT2D eigenvalue weighted by molar-refractivity contribution is -0.117. The molecular formula is C13H19N3O2. The van der Waals surface area contributed by atoms with Crippen LogP contribution in [0.2, 0.25) is 0 Å². The van der Waals surface area contributed by atoms with Crippen LogP contribution in [0.3, 0.4) is 0 Å². The van der Waals surface area contributed by atoms with E-state index in [4.69, 9.17) is 5.21 Å². The van der Waals surface area contributed by atoms with Crippen molar-refractivity contribution in [3.05, 3.63) is 37.1 Å². The van der Waals surface area contributed by atoms with Crippen LogP contribution in [-0.2, 0) is 4.79 Å². The van der Waals surface area contributed by atoms with Gasteiger partial charge in [0, 0.05) is 5.92 Å². The van der Waals surface area contributed by atoms with Crippen LogP contribution in [0.5, 0.6) is 0 Å². The summed E-state index contributed by atoms with van der Waals surface area (Å²) in [5.41, 5.74) is 2.36. The highest BCUT2D eigenvalue weighted by molar-refractivity contribution is 6.39. The molecule has 0 saturated carbocycles. The third kappa shape index (κ3) is 3.94. The summed E-state index contributed by atoms with van der Waals surface area (Å²) in [6.45, 7) is 8.75. The predicted octanol–water partition coefficient (Wildman–Crippen LogP) is 1.19. The zero-order valence-electron chi connectivity index (χ0n) is 10.4. The van der Waals surface area contributed by atoms with Gasteiger partial charge in [0.2, 0.25) is 5.78 Å². The summed E-state index contributed by atoms with van der Waals surface area (Å²) in [7, 11) is 0. The Kier molecular flexibility index (Phi) is 6.04. The number of nitrogens with one attached hydrogen (secondary N) is 2. The molecule has 0 radical (unpaired) electrons. The van der Waals surface area contributed by atoms with E-state index in [1.165, 1.54) is 6.08 Å². The molecule has 0 bridgehead atoms. The Balaban J connectivity index is 2.83. The number of aliphatic imine (C=N–C) groups is 1. The van der Waals surface area contributed by atoms with Gasteiger partial charge in [-0.25, -0.2) is 10.5 Å². The first-order valence-corrected chi connectivity index (χ1v) is 5.91. The minimum Gasteiger partial charge on any atom is -0.317 e. The molecule has 1 heterocycles. The van der Waals surface area contributed by atoms with Crippen molar-refractivity contribution in [2.75, 3.05) is 13.1 Å². The summed E-state index contributed by atoms with van der Waals surface area (Å²) in [6.07, 6.45) is 6.17. The summed E-state index contributed by atoms with van der Waals surface area (Å²) in [5.74, 6) is -0.315. The van der Waals surface area contributed by atoms with E-state index >= 15 is 0 Å². The lowest BCUT2D eigenvalue weighted by Crippen LogP contribution is -2.39. The molecular weight excluding hydrogens is 230 g/mol. The van der Waals surface area contributed by atoms with Crippen molar-refractivity contribution in [3.8, 4) is 0 Å². The van der Waals surface area contributed by atoms with E-state index in [0.717, 1.165) is 25.9 Å². The third-order valence-electron chi connectivity index (χ3n) is 2.79. The summed E-state index contributed by atoms with van der Waals surface area (Å²) < 4.78 is 0. The van der Waals surface area contributed by atoms with Gasteiger partial charge in [0.25, 0.3) is 0 Å². The number of hydroxylamine groups is 1. The molecule has 5 nitrogen and oxygen atoms in total. The number of Topliss-reactive ketones (excluding diaryl/α,β-unsaturated/α-hetero) is 1. The maximum Gasteiger partial charge on any atom is 0.203 e. The molecule has 98 valence electrons. The van der Waals surface area contributed by atoms with Gasteiger partial charge in [0.1, 0.15) is 0 Å². The molecule has 0 aromatic heterocycles. The zero-order chi connectivity index (χ0) is 13.4. The molecule has 3 N–H and O–H groups in total. The molecule has 0 aromatic rings. The van der Waals surface area contributed by atoms with Crippen molar-refractivity contribution < 1.29 is 10.0 Å². The Bertz CT molecular complexity index is 380. The summed E-state index contributed by atoms with van der Waals surface area (Å²) in [4.78, 5) is 16.2. The standard InChI is InChI=1S/C13H19N3O2/c1-3-5-11(4-2)15-13(16-18)12(17)10-6-8-14-9-7-10/h3-5,10,14,18H,1-2,6-9H2,(H,15,16)/b11-5+. The normalized spacial score (nSPS) is 18.3. The second-order valence-electron chi connectivity index (χ2n) is 3.99. The Morgan fingerprint density at radius 3 is 2.56 bits per heavy atom. The van der Waals surface area contributed by atoms with Gasteiger partial charge < -0.3 is 5.32 Å². The first kappa shape index (κ1) is 14.3. The van der Waals surface area contributed by atoms with Crippen LogP contribution in [0.1, 0.15) is 12.8 Å². The molecule has 0 spiro atoms. The molecule has 0 unspecified atom stereocenters. The molecule has 0 atom stereocenters. The van der Waals surface area contributed by atoms with Gasteiger partial charge in [-0.1, -0.05) is 19.2 Å². The highest BCUT2D eigenvalue weighted by Gasteiger charge is 2.25. The summed E-state index contributed by atoms with van der Waals surface area (Å²) >= 11 is 0. The van der Waals surface area contributed by atoms with Crippen LogP contribution in [0.25, 0.3) is 0 Å². The number of rotatable bonds is 5. The maximum absolute atomic E-state index is 12.1. The van der Waals surface area contributed by atoms with Crippen LogP contribution in [-0.4, -0.2) is 29.9 Å².